The van der Waals surface area contributed by atoms with Crippen LogP contribution in [-0.4, -0.2) is 13.7 Å². The lowest BCUT2D eigenvalue weighted by Gasteiger charge is -2.37. The number of ether oxygens (including phenoxy) is 1. The van der Waals surface area contributed by atoms with Crippen molar-refractivity contribution in [1.29, 1.82) is 0 Å². The summed E-state index contributed by atoms with van der Waals surface area (Å²) < 4.78 is 5.84. The van der Waals surface area contributed by atoms with Gasteiger partial charge in [0.05, 0.1) is 6.61 Å². The van der Waals surface area contributed by atoms with Crippen molar-refractivity contribution >= 4 is 0 Å². The zero-order valence-corrected chi connectivity index (χ0v) is 14.0. The van der Waals surface area contributed by atoms with Crippen LogP contribution in [-0.2, 0) is 5.41 Å². The van der Waals surface area contributed by atoms with Gasteiger partial charge < -0.3 is 10.1 Å². The zero-order chi connectivity index (χ0) is 15.1. The van der Waals surface area contributed by atoms with Crippen LogP contribution < -0.4 is 10.1 Å². The van der Waals surface area contributed by atoms with Gasteiger partial charge in [-0.15, -0.1) is 0 Å². The molecule has 1 aliphatic heterocycles. The molecule has 2 nitrogen and oxygen atoms in total. The molecule has 2 heteroatoms. The number of benzene rings is 1. The molecule has 1 aromatic carbocycles. The lowest BCUT2D eigenvalue weighted by Crippen LogP contribution is -2.34. The molecule has 1 heterocycles. The molecule has 2 aliphatic rings. The number of hydrogen-bond acceptors (Lipinski definition) is 2. The van der Waals surface area contributed by atoms with Crippen LogP contribution in [0.15, 0.2) is 18.2 Å². The van der Waals surface area contributed by atoms with E-state index in [0.29, 0.717) is 11.5 Å². The molecule has 1 fully saturated rings. The minimum atomic E-state index is 0.138. The van der Waals surface area contributed by atoms with Gasteiger partial charge in [0.25, 0.3) is 0 Å². The van der Waals surface area contributed by atoms with E-state index in [1.165, 1.54) is 43.2 Å². The van der Waals surface area contributed by atoms with Gasteiger partial charge in [-0.2, -0.15) is 0 Å². The summed E-state index contributed by atoms with van der Waals surface area (Å²) >= 11 is 0. The molecule has 0 bridgehead atoms. The lowest BCUT2D eigenvalue weighted by molar-refractivity contribution is 0.195. The summed E-state index contributed by atoms with van der Waals surface area (Å²) in [6.45, 7) is 7.72. The van der Waals surface area contributed by atoms with E-state index in [-0.39, 0.29) is 5.41 Å². The molecule has 1 saturated carbocycles. The van der Waals surface area contributed by atoms with Crippen LogP contribution >= 0.6 is 0 Å². The highest BCUT2D eigenvalue weighted by molar-refractivity contribution is 5.46. The third kappa shape index (κ3) is 2.38. The van der Waals surface area contributed by atoms with Crippen molar-refractivity contribution in [3.63, 3.8) is 0 Å². The molecule has 0 amide bonds. The predicted molar refractivity (Wildman–Crippen MR) is 88.0 cm³/mol. The van der Waals surface area contributed by atoms with E-state index in [1.807, 2.05) is 0 Å². The Hall–Kier alpha value is -1.02. The number of hydrogen-bond donors (Lipinski definition) is 1. The van der Waals surface area contributed by atoms with Gasteiger partial charge in [-0.3, -0.25) is 0 Å². The van der Waals surface area contributed by atoms with Gasteiger partial charge in [-0.1, -0.05) is 39.7 Å². The van der Waals surface area contributed by atoms with Crippen LogP contribution in [0.1, 0.15) is 70.0 Å². The summed E-state index contributed by atoms with van der Waals surface area (Å²) in [5.74, 6) is 1.08. The molecule has 1 atom stereocenters. The van der Waals surface area contributed by atoms with Crippen molar-refractivity contribution in [2.24, 2.45) is 5.41 Å². The molecular weight excluding hydrogens is 258 g/mol. The predicted octanol–water partition coefficient (Wildman–Crippen LogP) is 4.59. The van der Waals surface area contributed by atoms with Crippen molar-refractivity contribution in [3.8, 4) is 5.75 Å². The molecule has 1 unspecified atom stereocenters. The quantitative estimate of drug-likeness (QED) is 0.874. The van der Waals surface area contributed by atoms with Crippen LogP contribution in [0.25, 0.3) is 0 Å². The first kappa shape index (κ1) is 14.9. The topological polar surface area (TPSA) is 21.3 Å². The molecule has 116 valence electrons. The third-order valence-electron chi connectivity index (χ3n) is 5.86. The monoisotopic (exact) mass is 287 g/mol. The van der Waals surface area contributed by atoms with Crippen LogP contribution in [0.4, 0.5) is 0 Å². The van der Waals surface area contributed by atoms with Gasteiger partial charge in [0.1, 0.15) is 5.75 Å². The van der Waals surface area contributed by atoms with E-state index in [1.54, 1.807) is 0 Å². The first-order chi connectivity index (χ1) is 10.0. The normalized spacial score (nSPS) is 23.6. The summed E-state index contributed by atoms with van der Waals surface area (Å²) in [5.41, 5.74) is 3.40. The first-order valence-corrected chi connectivity index (χ1v) is 8.47. The maximum Gasteiger partial charge on any atom is 0.123 e. The number of rotatable bonds is 4. The molecule has 1 aromatic rings. The molecule has 1 N–H and O–H groups in total. The van der Waals surface area contributed by atoms with Gasteiger partial charge in [-0.05, 0) is 49.4 Å². The summed E-state index contributed by atoms with van der Waals surface area (Å²) in [6, 6.07) is 7.32. The van der Waals surface area contributed by atoms with E-state index in [2.05, 4.69) is 51.3 Å². The number of nitrogens with one attached hydrogen (secondary N) is 1. The van der Waals surface area contributed by atoms with Crippen molar-refractivity contribution in [1.82, 2.24) is 5.32 Å². The Morgan fingerprint density at radius 2 is 1.95 bits per heavy atom. The summed E-state index contributed by atoms with van der Waals surface area (Å²) in [6.07, 6.45) is 6.73. The largest absolute Gasteiger partial charge is 0.492 e. The molecule has 0 spiro atoms. The average molecular weight is 287 g/mol. The Kier molecular flexibility index (Phi) is 3.77. The van der Waals surface area contributed by atoms with Gasteiger partial charge in [-0.25, -0.2) is 0 Å². The van der Waals surface area contributed by atoms with Crippen molar-refractivity contribution < 1.29 is 4.74 Å². The fourth-order valence-corrected chi connectivity index (χ4v) is 4.47. The first-order valence-electron chi connectivity index (χ1n) is 8.47. The zero-order valence-electron chi connectivity index (χ0n) is 14.0. The second kappa shape index (κ2) is 5.31. The van der Waals surface area contributed by atoms with E-state index >= 15 is 0 Å². The van der Waals surface area contributed by atoms with E-state index in [4.69, 9.17) is 4.74 Å². The van der Waals surface area contributed by atoms with Crippen molar-refractivity contribution in [2.75, 3.05) is 13.7 Å². The summed E-state index contributed by atoms with van der Waals surface area (Å²) in [7, 11) is 2.12. The molecule has 0 aromatic heterocycles. The summed E-state index contributed by atoms with van der Waals surface area (Å²) in [5, 5.41) is 3.63. The maximum atomic E-state index is 5.84. The number of fused-ring (bicyclic) bond motifs is 1. The van der Waals surface area contributed by atoms with E-state index in [0.717, 1.165) is 12.4 Å². The van der Waals surface area contributed by atoms with Crippen LogP contribution in [0, 0.1) is 5.41 Å². The van der Waals surface area contributed by atoms with Crippen LogP contribution in [0.5, 0.6) is 5.75 Å². The van der Waals surface area contributed by atoms with Gasteiger partial charge in [0, 0.05) is 17.0 Å². The second-order valence-electron chi connectivity index (χ2n) is 7.57. The minimum Gasteiger partial charge on any atom is -0.492 e. The van der Waals surface area contributed by atoms with Crippen LogP contribution in [0.2, 0.25) is 0 Å². The highest BCUT2D eigenvalue weighted by Crippen LogP contribution is 2.51. The highest BCUT2D eigenvalue weighted by Gasteiger charge is 2.41. The van der Waals surface area contributed by atoms with Gasteiger partial charge in [0.15, 0.2) is 0 Å². The molecule has 3 rings (SSSR count). The van der Waals surface area contributed by atoms with Crippen LogP contribution in [0.3, 0.4) is 0 Å². The Balaban J connectivity index is 1.99. The standard InChI is InChI=1S/C19H29NO/c1-5-19(10-6-7-11-19)17(20-4)14-8-9-16-15(12-14)18(2,3)13-21-16/h8-9,12,17,20H,5-7,10-11,13H2,1-4H3. The average Bonchev–Trinajstić information content (AvgIpc) is 3.07. The molecule has 0 saturated heterocycles. The fourth-order valence-electron chi connectivity index (χ4n) is 4.47. The van der Waals surface area contributed by atoms with E-state index < -0.39 is 0 Å². The Morgan fingerprint density at radius 3 is 2.57 bits per heavy atom. The summed E-state index contributed by atoms with van der Waals surface area (Å²) in [4.78, 5) is 0. The third-order valence-corrected chi connectivity index (χ3v) is 5.86. The Morgan fingerprint density at radius 1 is 1.24 bits per heavy atom. The Bertz CT molecular complexity index is 514. The lowest BCUT2D eigenvalue weighted by atomic mass is 9.72. The molecule has 0 radical (unpaired) electrons. The smallest absolute Gasteiger partial charge is 0.123 e. The van der Waals surface area contributed by atoms with Crippen molar-refractivity contribution in [3.05, 3.63) is 29.3 Å². The van der Waals surface area contributed by atoms with Crippen molar-refractivity contribution in [2.45, 2.75) is 64.3 Å². The van der Waals surface area contributed by atoms with Gasteiger partial charge >= 0.3 is 0 Å². The Labute approximate surface area is 129 Å². The minimum absolute atomic E-state index is 0.138. The molecule has 21 heavy (non-hydrogen) atoms. The fraction of sp³-hybridized carbons (Fsp3) is 0.684. The maximum absolute atomic E-state index is 5.84. The SMILES string of the molecule is CCC1(C(NC)c2ccc3c(c2)C(C)(C)CO3)CCCC1. The van der Waals surface area contributed by atoms with E-state index in [9.17, 15) is 0 Å². The highest BCUT2D eigenvalue weighted by atomic mass is 16.5. The van der Waals surface area contributed by atoms with Gasteiger partial charge in [0.2, 0.25) is 0 Å². The second-order valence-corrected chi connectivity index (χ2v) is 7.57. The molecular formula is C19H29NO. The molecule has 1 aliphatic carbocycles.